The highest BCUT2D eigenvalue weighted by molar-refractivity contribution is 5.99. The number of nitrogens with zero attached hydrogens (tertiary/aromatic N) is 2. The highest BCUT2D eigenvalue weighted by atomic mass is 14.7. The summed E-state index contributed by atoms with van der Waals surface area (Å²) in [6, 6.07) is 55.6. The largest absolute Gasteiger partial charge is 0.248 e. The Hall–Kier alpha value is -5.60. The van der Waals surface area contributed by atoms with Crippen molar-refractivity contribution in [2.24, 2.45) is 0 Å². The van der Waals surface area contributed by atoms with Crippen molar-refractivity contribution >= 4 is 32.4 Å². The van der Waals surface area contributed by atoms with Crippen molar-refractivity contribution in [2.45, 2.75) is 0 Å². The summed E-state index contributed by atoms with van der Waals surface area (Å²) in [5.74, 6) is 0. The fourth-order valence-corrected chi connectivity index (χ4v) is 5.96. The van der Waals surface area contributed by atoms with Crippen LogP contribution in [0.25, 0.3) is 77.3 Å². The van der Waals surface area contributed by atoms with Gasteiger partial charge in [0, 0.05) is 22.1 Å². The molecule has 8 aromatic rings. The molecule has 0 saturated carbocycles. The monoisotopic (exact) mass is 534 g/mol. The molecule has 0 spiro atoms. The van der Waals surface area contributed by atoms with E-state index in [2.05, 4.69) is 152 Å². The summed E-state index contributed by atoms with van der Waals surface area (Å²) >= 11 is 0. The van der Waals surface area contributed by atoms with E-state index in [4.69, 9.17) is 9.97 Å². The Bertz CT molecular complexity index is 2160. The van der Waals surface area contributed by atoms with E-state index >= 15 is 0 Å². The molecule has 0 saturated heterocycles. The molecule has 0 bridgehead atoms. The zero-order chi connectivity index (χ0) is 27.9. The minimum absolute atomic E-state index is 0.960. The third kappa shape index (κ3) is 4.31. The first-order valence-corrected chi connectivity index (χ1v) is 14.3. The molecule has 0 aliphatic heterocycles. The number of hydrogen-bond donors (Lipinski definition) is 0. The number of aromatic nitrogens is 2. The molecule has 0 atom stereocenters. The molecule has 2 heterocycles. The van der Waals surface area contributed by atoms with Crippen molar-refractivity contribution in [3.05, 3.63) is 158 Å². The fraction of sp³-hybridized carbons (Fsp3) is 0. The van der Waals surface area contributed by atoms with E-state index < -0.39 is 0 Å². The topological polar surface area (TPSA) is 25.8 Å². The summed E-state index contributed by atoms with van der Waals surface area (Å²) in [4.78, 5) is 10.3. The predicted molar refractivity (Wildman–Crippen MR) is 176 cm³/mol. The lowest BCUT2D eigenvalue weighted by Gasteiger charge is -2.14. The molecule has 2 nitrogen and oxygen atoms in total. The first kappa shape index (κ1) is 24.2. The minimum atomic E-state index is 0.960. The molecule has 0 amide bonds. The van der Waals surface area contributed by atoms with E-state index in [9.17, 15) is 0 Å². The Labute approximate surface area is 244 Å². The molecule has 0 radical (unpaired) electrons. The summed E-state index contributed by atoms with van der Waals surface area (Å²) in [5.41, 5.74) is 9.49. The molecule has 0 aliphatic carbocycles. The number of rotatable bonds is 4. The molecule has 0 N–H and O–H groups in total. The summed E-state index contributed by atoms with van der Waals surface area (Å²) in [7, 11) is 0. The van der Waals surface area contributed by atoms with E-state index in [0.717, 1.165) is 55.8 Å². The molecule has 6 aromatic carbocycles. The van der Waals surface area contributed by atoms with Gasteiger partial charge in [-0.05, 0) is 63.0 Å². The van der Waals surface area contributed by atoms with Gasteiger partial charge in [-0.2, -0.15) is 0 Å². The molecule has 42 heavy (non-hydrogen) atoms. The molecule has 2 aromatic heterocycles. The maximum absolute atomic E-state index is 5.30. The van der Waals surface area contributed by atoms with Gasteiger partial charge in [-0.15, -0.1) is 0 Å². The fourth-order valence-electron chi connectivity index (χ4n) is 5.96. The number of pyridine rings is 2. The van der Waals surface area contributed by atoms with Crippen LogP contribution < -0.4 is 0 Å². The Morgan fingerprint density at radius 1 is 0.310 bits per heavy atom. The zero-order valence-corrected chi connectivity index (χ0v) is 22.9. The lowest BCUT2D eigenvalue weighted by atomic mass is 9.95. The van der Waals surface area contributed by atoms with Gasteiger partial charge < -0.3 is 0 Å². The van der Waals surface area contributed by atoms with E-state index in [0.29, 0.717) is 0 Å². The van der Waals surface area contributed by atoms with Crippen LogP contribution >= 0.6 is 0 Å². The van der Waals surface area contributed by atoms with Gasteiger partial charge in [0.05, 0.1) is 22.6 Å². The van der Waals surface area contributed by atoms with Crippen molar-refractivity contribution in [2.75, 3.05) is 0 Å². The van der Waals surface area contributed by atoms with Crippen molar-refractivity contribution in [1.29, 1.82) is 0 Å². The van der Waals surface area contributed by atoms with E-state index in [1.807, 2.05) is 6.07 Å². The zero-order valence-electron chi connectivity index (χ0n) is 22.9. The van der Waals surface area contributed by atoms with Crippen LogP contribution in [0.15, 0.2) is 158 Å². The molecule has 8 rings (SSSR count). The first-order chi connectivity index (χ1) is 20.8. The van der Waals surface area contributed by atoms with Gasteiger partial charge in [0.2, 0.25) is 0 Å². The smallest absolute Gasteiger partial charge is 0.0721 e. The summed E-state index contributed by atoms with van der Waals surface area (Å²) in [6.07, 6.45) is 0. The number of para-hydroxylation sites is 1. The predicted octanol–water partition coefficient (Wildman–Crippen LogP) is 10.6. The van der Waals surface area contributed by atoms with Crippen LogP contribution in [0.4, 0.5) is 0 Å². The Morgan fingerprint density at radius 2 is 0.857 bits per heavy atom. The van der Waals surface area contributed by atoms with Crippen LogP contribution in [0.5, 0.6) is 0 Å². The first-order valence-electron chi connectivity index (χ1n) is 14.3. The number of hydrogen-bond acceptors (Lipinski definition) is 2. The van der Waals surface area contributed by atoms with Crippen LogP contribution in [0.1, 0.15) is 0 Å². The molecule has 2 heteroatoms. The van der Waals surface area contributed by atoms with Crippen LogP contribution in [0.2, 0.25) is 0 Å². The normalized spacial score (nSPS) is 11.3. The number of benzene rings is 6. The van der Waals surface area contributed by atoms with Crippen LogP contribution in [-0.2, 0) is 0 Å². The Balaban J connectivity index is 1.34. The lowest BCUT2D eigenvalue weighted by molar-refractivity contribution is 1.33. The third-order valence-corrected chi connectivity index (χ3v) is 8.05. The number of fused-ring (bicyclic) bond motifs is 3. The molecular formula is C40H26N2. The van der Waals surface area contributed by atoms with Crippen molar-refractivity contribution < 1.29 is 0 Å². The average molecular weight is 535 g/mol. The molecule has 196 valence electrons. The van der Waals surface area contributed by atoms with Gasteiger partial charge in [-0.1, -0.05) is 127 Å². The highest BCUT2D eigenvalue weighted by Crippen LogP contribution is 2.36. The van der Waals surface area contributed by atoms with Gasteiger partial charge in [0.1, 0.15) is 0 Å². The maximum atomic E-state index is 5.30. The van der Waals surface area contributed by atoms with Crippen molar-refractivity contribution in [3.8, 4) is 44.9 Å². The van der Waals surface area contributed by atoms with Gasteiger partial charge in [0.15, 0.2) is 0 Å². The standard InChI is InChI=1S/C40H26N2/c1-4-17-33-27(10-1)13-8-19-35(33)39-25-32(26-40(42-39)36-20-9-14-28-11-2-5-18-34(28)36)30-15-7-16-31(24-30)38-23-22-29-12-3-6-21-37(29)41-38/h1-26H. The SMILES string of the molecule is c1cc(-c2cc(-c3cccc4ccccc34)nc(-c3cccc4ccccc34)c2)cc(-c2ccc3ccccc3n2)c1. The second-order valence-corrected chi connectivity index (χ2v) is 10.6. The average Bonchev–Trinajstić information content (AvgIpc) is 3.07. The second-order valence-electron chi connectivity index (χ2n) is 10.6. The molecular weight excluding hydrogens is 508 g/mol. The van der Waals surface area contributed by atoms with E-state index in [1.165, 1.54) is 21.5 Å². The quantitative estimate of drug-likeness (QED) is 0.224. The van der Waals surface area contributed by atoms with Crippen LogP contribution in [-0.4, -0.2) is 9.97 Å². The van der Waals surface area contributed by atoms with Crippen molar-refractivity contribution in [3.63, 3.8) is 0 Å². The van der Waals surface area contributed by atoms with Crippen LogP contribution in [0.3, 0.4) is 0 Å². The Morgan fingerprint density at radius 3 is 1.55 bits per heavy atom. The summed E-state index contributed by atoms with van der Waals surface area (Å²) in [5, 5.41) is 5.95. The highest BCUT2D eigenvalue weighted by Gasteiger charge is 2.14. The Kier molecular flexibility index (Phi) is 5.82. The second kappa shape index (κ2) is 10.1. The van der Waals surface area contributed by atoms with Gasteiger partial charge in [-0.25, -0.2) is 9.97 Å². The van der Waals surface area contributed by atoms with Crippen molar-refractivity contribution in [1.82, 2.24) is 9.97 Å². The minimum Gasteiger partial charge on any atom is -0.248 e. The van der Waals surface area contributed by atoms with Gasteiger partial charge in [-0.3, -0.25) is 0 Å². The maximum Gasteiger partial charge on any atom is 0.0721 e. The van der Waals surface area contributed by atoms with Crippen LogP contribution in [0, 0.1) is 0 Å². The summed E-state index contributed by atoms with van der Waals surface area (Å²) < 4.78 is 0. The molecule has 0 aliphatic rings. The lowest BCUT2D eigenvalue weighted by Crippen LogP contribution is -1.93. The molecule has 0 fully saturated rings. The van der Waals surface area contributed by atoms with Gasteiger partial charge in [0.25, 0.3) is 0 Å². The molecule has 0 unspecified atom stereocenters. The van der Waals surface area contributed by atoms with E-state index in [-0.39, 0.29) is 0 Å². The van der Waals surface area contributed by atoms with Gasteiger partial charge >= 0.3 is 0 Å². The third-order valence-electron chi connectivity index (χ3n) is 8.05. The summed E-state index contributed by atoms with van der Waals surface area (Å²) in [6.45, 7) is 0. The van der Waals surface area contributed by atoms with E-state index in [1.54, 1.807) is 0 Å².